The minimum absolute atomic E-state index is 0.688. The molecule has 0 saturated carbocycles. The molecule has 0 aliphatic rings. The summed E-state index contributed by atoms with van der Waals surface area (Å²) < 4.78 is 0. The SMILES string of the molecule is Cc1cccc(-c2c(Cl)cccc2Cl)c1. The molecule has 2 heteroatoms. The van der Waals surface area contributed by atoms with Gasteiger partial charge in [0.15, 0.2) is 0 Å². The normalized spacial score (nSPS) is 10.3. The first-order chi connectivity index (χ1) is 7.18. The maximum absolute atomic E-state index is 6.13. The molecule has 0 aliphatic carbocycles. The fraction of sp³-hybridized carbons (Fsp3) is 0.0769. The monoisotopic (exact) mass is 236 g/mol. The Kier molecular flexibility index (Phi) is 2.99. The molecule has 0 fully saturated rings. The van der Waals surface area contributed by atoms with Crippen LogP contribution < -0.4 is 0 Å². The van der Waals surface area contributed by atoms with Gasteiger partial charge in [0.25, 0.3) is 0 Å². The second kappa shape index (κ2) is 4.26. The van der Waals surface area contributed by atoms with Crippen LogP contribution in [-0.4, -0.2) is 0 Å². The zero-order valence-electron chi connectivity index (χ0n) is 8.30. The number of halogens is 2. The van der Waals surface area contributed by atoms with E-state index in [1.54, 1.807) is 0 Å². The quantitative estimate of drug-likeness (QED) is 0.656. The average Bonchev–Trinajstić information content (AvgIpc) is 2.17. The van der Waals surface area contributed by atoms with Crippen LogP contribution in [0.25, 0.3) is 11.1 Å². The second-order valence-corrected chi connectivity index (χ2v) is 4.28. The maximum Gasteiger partial charge on any atom is 0.0499 e. The number of benzene rings is 2. The summed E-state index contributed by atoms with van der Waals surface area (Å²) in [6, 6.07) is 13.7. The van der Waals surface area contributed by atoms with Crippen molar-refractivity contribution in [3.8, 4) is 11.1 Å². The molecule has 0 atom stereocenters. The Morgan fingerprint density at radius 1 is 0.867 bits per heavy atom. The van der Waals surface area contributed by atoms with Gasteiger partial charge in [0.2, 0.25) is 0 Å². The number of hydrogen-bond acceptors (Lipinski definition) is 0. The van der Waals surface area contributed by atoms with Crippen LogP contribution in [0.1, 0.15) is 5.56 Å². The van der Waals surface area contributed by atoms with Crippen LogP contribution in [-0.2, 0) is 0 Å². The highest BCUT2D eigenvalue weighted by Gasteiger charge is 2.07. The highest BCUT2D eigenvalue weighted by molar-refractivity contribution is 6.39. The van der Waals surface area contributed by atoms with Gasteiger partial charge in [-0.25, -0.2) is 0 Å². The molecule has 2 rings (SSSR count). The van der Waals surface area contributed by atoms with Crippen molar-refractivity contribution in [3.63, 3.8) is 0 Å². The molecule has 0 saturated heterocycles. The van der Waals surface area contributed by atoms with Gasteiger partial charge >= 0.3 is 0 Å². The molecular weight excluding hydrogens is 227 g/mol. The lowest BCUT2D eigenvalue weighted by Gasteiger charge is -2.07. The van der Waals surface area contributed by atoms with E-state index in [9.17, 15) is 0 Å². The Morgan fingerprint density at radius 2 is 1.47 bits per heavy atom. The smallest absolute Gasteiger partial charge is 0.0499 e. The third-order valence-corrected chi connectivity index (χ3v) is 2.90. The summed E-state index contributed by atoms with van der Waals surface area (Å²) in [5.74, 6) is 0. The molecule has 0 aliphatic heterocycles. The molecule has 76 valence electrons. The van der Waals surface area contributed by atoms with Crippen LogP contribution in [0.2, 0.25) is 10.0 Å². The van der Waals surface area contributed by atoms with E-state index in [1.807, 2.05) is 43.3 Å². The third kappa shape index (κ3) is 2.17. The van der Waals surface area contributed by atoms with Crippen molar-refractivity contribution in [3.05, 3.63) is 58.1 Å². The van der Waals surface area contributed by atoms with Crippen molar-refractivity contribution in [2.75, 3.05) is 0 Å². The summed E-state index contributed by atoms with van der Waals surface area (Å²) in [7, 11) is 0. The van der Waals surface area contributed by atoms with Gasteiger partial charge in [-0.1, -0.05) is 59.1 Å². The lowest BCUT2D eigenvalue weighted by atomic mass is 10.0. The van der Waals surface area contributed by atoms with Crippen LogP contribution in [0.4, 0.5) is 0 Å². The molecule has 2 aromatic carbocycles. The summed E-state index contributed by atoms with van der Waals surface area (Å²) in [5.41, 5.74) is 3.17. The highest BCUT2D eigenvalue weighted by atomic mass is 35.5. The number of rotatable bonds is 1. The Bertz CT molecular complexity index is 469. The summed E-state index contributed by atoms with van der Waals surface area (Å²) in [5, 5.41) is 1.38. The lowest BCUT2D eigenvalue weighted by molar-refractivity contribution is 1.47. The molecule has 0 N–H and O–H groups in total. The van der Waals surface area contributed by atoms with E-state index >= 15 is 0 Å². The van der Waals surface area contributed by atoms with Crippen LogP contribution in [0, 0.1) is 6.92 Å². The minimum Gasteiger partial charge on any atom is -0.0836 e. The molecule has 0 amide bonds. The van der Waals surface area contributed by atoms with Crippen LogP contribution in [0.15, 0.2) is 42.5 Å². The Balaban J connectivity index is 2.63. The predicted molar refractivity (Wildman–Crippen MR) is 66.6 cm³/mol. The molecule has 0 unspecified atom stereocenters. The summed E-state index contributed by atoms with van der Waals surface area (Å²) in [4.78, 5) is 0. The first kappa shape index (κ1) is 10.5. The van der Waals surface area contributed by atoms with Crippen molar-refractivity contribution < 1.29 is 0 Å². The number of hydrogen-bond donors (Lipinski definition) is 0. The minimum atomic E-state index is 0.688. The first-order valence-corrected chi connectivity index (χ1v) is 5.45. The van der Waals surface area contributed by atoms with Gasteiger partial charge in [-0.05, 0) is 24.6 Å². The largest absolute Gasteiger partial charge is 0.0836 e. The van der Waals surface area contributed by atoms with E-state index < -0.39 is 0 Å². The topological polar surface area (TPSA) is 0 Å². The molecule has 0 heterocycles. The van der Waals surface area contributed by atoms with Gasteiger partial charge < -0.3 is 0 Å². The van der Waals surface area contributed by atoms with Crippen LogP contribution in [0.3, 0.4) is 0 Å². The van der Waals surface area contributed by atoms with E-state index in [0.29, 0.717) is 10.0 Å². The fourth-order valence-electron chi connectivity index (χ4n) is 1.57. The molecule has 0 radical (unpaired) electrons. The average molecular weight is 237 g/mol. The Morgan fingerprint density at radius 3 is 2.07 bits per heavy atom. The molecule has 0 aromatic heterocycles. The Labute approximate surface area is 99.5 Å². The molecule has 0 bridgehead atoms. The first-order valence-electron chi connectivity index (χ1n) is 4.69. The summed E-state index contributed by atoms with van der Waals surface area (Å²) in [6.45, 7) is 2.05. The van der Waals surface area contributed by atoms with Gasteiger partial charge in [-0.3, -0.25) is 0 Å². The standard InChI is InChI=1S/C13H10Cl2/c1-9-4-2-5-10(8-9)13-11(14)6-3-7-12(13)15/h2-8H,1H3. The van der Waals surface area contributed by atoms with Crippen LogP contribution >= 0.6 is 23.2 Å². The van der Waals surface area contributed by atoms with Gasteiger partial charge in [0.05, 0.1) is 0 Å². The van der Waals surface area contributed by atoms with Gasteiger partial charge in [-0.2, -0.15) is 0 Å². The third-order valence-electron chi connectivity index (χ3n) is 2.27. The van der Waals surface area contributed by atoms with Crippen LogP contribution in [0.5, 0.6) is 0 Å². The number of aryl methyl sites for hydroxylation is 1. The predicted octanol–water partition coefficient (Wildman–Crippen LogP) is 4.97. The lowest BCUT2D eigenvalue weighted by Crippen LogP contribution is -1.82. The van der Waals surface area contributed by atoms with Crippen molar-refractivity contribution >= 4 is 23.2 Å². The van der Waals surface area contributed by atoms with E-state index in [1.165, 1.54) is 5.56 Å². The van der Waals surface area contributed by atoms with E-state index in [-0.39, 0.29) is 0 Å². The summed E-state index contributed by atoms with van der Waals surface area (Å²) >= 11 is 12.3. The molecule has 0 nitrogen and oxygen atoms in total. The van der Waals surface area contributed by atoms with Gasteiger partial charge in [-0.15, -0.1) is 0 Å². The van der Waals surface area contributed by atoms with Gasteiger partial charge in [0.1, 0.15) is 0 Å². The maximum atomic E-state index is 6.13. The second-order valence-electron chi connectivity index (χ2n) is 3.47. The van der Waals surface area contributed by atoms with Crippen molar-refractivity contribution in [2.45, 2.75) is 6.92 Å². The van der Waals surface area contributed by atoms with Crippen molar-refractivity contribution in [2.24, 2.45) is 0 Å². The molecular formula is C13H10Cl2. The Hall–Kier alpha value is -0.980. The fourth-order valence-corrected chi connectivity index (χ4v) is 2.19. The molecule has 0 spiro atoms. The van der Waals surface area contributed by atoms with E-state index in [2.05, 4.69) is 6.07 Å². The van der Waals surface area contributed by atoms with E-state index in [0.717, 1.165) is 11.1 Å². The zero-order chi connectivity index (χ0) is 10.8. The zero-order valence-corrected chi connectivity index (χ0v) is 9.81. The van der Waals surface area contributed by atoms with E-state index in [4.69, 9.17) is 23.2 Å². The summed E-state index contributed by atoms with van der Waals surface area (Å²) in [6.07, 6.45) is 0. The molecule has 15 heavy (non-hydrogen) atoms. The van der Waals surface area contributed by atoms with Gasteiger partial charge in [0, 0.05) is 15.6 Å². The van der Waals surface area contributed by atoms with Crippen molar-refractivity contribution in [1.29, 1.82) is 0 Å². The molecule has 2 aromatic rings. The highest BCUT2D eigenvalue weighted by Crippen LogP contribution is 2.34. The van der Waals surface area contributed by atoms with Crippen molar-refractivity contribution in [1.82, 2.24) is 0 Å².